The number of ether oxygens (including phenoxy) is 1. The average Bonchev–Trinajstić information content (AvgIpc) is 2.45. The normalized spacial score (nSPS) is 13.3. The molecule has 0 aliphatic heterocycles. The van der Waals surface area contributed by atoms with Crippen molar-refractivity contribution in [2.24, 2.45) is 0 Å². The third kappa shape index (κ3) is 3.36. The van der Waals surface area contributed by atoms with Crippen LogP contribution in [0.3, 0.4) is 0 Å². The molecule has 2 aromatic carbocycles. The second kappa shape index (κ2) is 6.45. The van der Waals surface area contributed by atoms with Crippen molar-refractivity contribution in [2.75, 3.05) is 6.61 Å². The summed E-state index contributed by atoms with van der Waals surface area (Å²) in [6, 6.07) is 11.0. The fourth-order valence-electron chi connectivity index (χ4n) is 2.58. The summed E-state index contributed by atoms with van der Waals surface area (Å²) in [6.45, 7) is 4.34. The van der Waals surface area contributed by atoms with E-state index in [4.69, 9.17) is 4.74 Å². The molecule has 0 spiro atoms. The molecule has 2 rings (SSSR count). The fraction of sp³-hybridized carbons (Fsp3) is 0.375. The van der Waals surface area contributed by atoms with Crippen LogP contribution in [0, 0.1) is 0 Å². The van der Waals surface area contributed by atoms with Crippen LogP contribution in [0.1, 0.15) is 37.5 Å². The number of rotatable bonds is 6. The Morgan fingerprint density at radius 1 is 1.10 bits per heavy atom. The summed E-state index contributed by atoms with van der Waals surface area (Å²) < 4.78 is 38.5. The average molecular weight is 308 g/mol. The molecule has 1 unspecified atom stereocenters. The van der Waals surface area contributed by atoms with E-state index in [1.165, 1.54) is 0 Å². The van der Waals surface area contributed by atoms with Crippen LogP contribution in [0.25, 0.3) is 10.8 Å². The summed E-state index contributed by atoms with van der Waals surface area (Å²) in [4.78, 5) is 0. The molecule has 0 bridgehead atoms. The lowest BCUT2D eigenvalue weighted by Gasteiger charge is -2.17. The third-order valence-electron chi connectivity index (χ3n) is 3.47. The summed E-state index contributed by atoms with van der Waals surface area (Å²) in [5.41, 5.74) is 0.624. The van der Waals surface area contributed by atoms with Crippen molar-refractivity contribution < 1.29 is 17.7 Å². The highest BCUT2D eigenvalue weighted by Gasteiger charge is 2.26. The topological polar surface area (TPSA) is 63.6 Å². The molecular formula is C16H20O4S. The maximum Gasteiger partial charge on any atom is 0.272 e. The van der Waals surface area contributed by atoms with Gasteiger partial charge in [0, 0.05) is 5.39 Å². The second-order valence-corrected chi connectivity index (χ2v) is 6.52. The van der Waals surface area contributed by atoms with Crippen molar-refractivity contribution in [2.45, 2.75) is 31.9 Å². The van der Waals surface area contributed by atoms with Crippen molar-refractivity contribution in [3.63, 3.8) is 0 Å². The fourth-order valence-corrected chi connectivity index (χ4v) is 3.64. The first-order valence-corrected chi connectivity index (χ1v) is 8.60. The summed E-state index contributed by atoms with van der Waals surface area (Å²) in [5, 5.41) is 0.768. The number of hydrogen-bond acceptors (Lipinski definition) is 3. The second-order valence-electron chi connectivity index (χ2n) is 4.92. The molecular weight excluding hydrogens is 288 g/mol. The molecule has 0 heterocycles. The summed E-state index contributed by atoms with van der Waals surface area (Å²) in [6.07, 6.45) is 1.06. The first-order chi connectivity index (χ1) is 9.99. The van der Waals surface area contributed by atoms with Crippen LogP contribution in [0.5, 0.6) is 5.75 Å². The molecule has 0 amide bonds. The van der Waals surface area contributed by atoms with Crippen LogP contribution in [-0.4, -0.2) is 19.6 Å². The molecule has 0 saturated heterocycles. The highest BCUT2D eigenvalue weighted by molar-refractivity contribution is 7.86. The molecule has 0 saturated carbocycles. The minimum atomic E-state index is -4.14. The monoisotopic (exact) mass is 308 g/mol. The van der Waals surface area contributed by atoms with E-state index in [0.717, 1.165) is 16.5 Å². The zero-order chi connectivity index (χ0) is 15.5. The molecule has 0 aliphatic carbocycles. The Morgan fingerprint density at radius 2 is 1.76 bits per heavy atom. The Balaban J connectivity index is 2.67. The lowest BCUT2D eigenvalue weighted by molar-refractivity contribution is 0.344. The van der Waals surface area contributed by atoms with Gasteiger partial charge in [-0.15, -0.1) is 0 Å². The summed E-state index contributed by atoms with van der Waals surface area (Å²) >= 11 is 0. The minimum absolute atomic E-state index is 0.386. The van der Waals surface area contributed by atoms with E-state index in [9.17, 15) is 13.0 Å². The SMILES string of the molecule is CCCC(c1ccc(OCC)c2ccccc12)S(=O)(=O)O. The zero-order valence-electron chi connectivity index (χ0n) is 12.2. The van der Waals surface area contributed by atoms with E-state index in [2.05, 4.69) is 0 Å². The molecule has 1 atom stereocenters. The van der Waals surface area contributed by atoms with Gasteiger partial charge >= 0.3 is 0 Å². The molecule has 0 aliphatic rings. The summed E-state index contributed by atoms with van der Waals surface area (Å²) in [5.74, 6) is 0.724. The number of fused-ring (bicyclic) bond motifs is 1. The highest BCUT2D eigenvalue weighted by atomic mass is 32.2. The van der Waals surface area contributed by atoms with E-state index in [1.54, 1.807) is 12.1 Å². The van der Waals surface area contributed by atoms with Gasteiger partial charge in [-0.1, -0.05) is 43.7 Å². The van der Waals surface area contributed by atoms with Crippen molar-refractivity contribution in [3.8, 4) is 5.75 Å². The van der Waals surface area contributed by atoms with Crippen LogP contribution in [0.2, 0.25) is 0 Å². The first kappa shape index (κ1) is 15.8. The predicted octanol–water partition coefficient (Wildman–Crippen LogP) is 3.97. The molecule has 2 aromatic rings. The molecule has 0 radical (unpaired) electrons. The van der Waals surface area contributed by atoms with Gasteiger partial charge < -0.3 is 4.74 Å². The minimum Gasteiger partial charge on any atom is -0.493 e. The van der Waals surface area contributed by atoms with Gasteiger partial charge in [-0.3, -0.25) is 4.55 Å². The van der Waals surface area contributed by atoms with Crippen LogP contribution in [-0.2, 0) is 10.1 Å². The van der Waals surface area contributed by atoms with Gasteiger partial charge in [-0.25, -0.2) is 0 Å². The Morgan fingerprint density at radius 3 is 2.33 bits per heavy atom. The van der Waals surface area contributed by atoms with Crippen LogP contribution < -0.4 is 4.74 Å². The van der Waals surface area contributed by atoms with Crippen molar-refractivity contribution >= 4 is 20.9 Å². The quantitative estimate of drug-likeness (QED) is 0.820. The Hall–Kier alpha value is -1.59. The maximum absolute atomic E-state index is 11.7. The van der Waals surface area contributed by atoms with Gasteiger partial charge in [0.25, 0.3) is 10.1 Å². The number of benzene rings is 2. The smallest absolute Gasteiger partial charge is 0.272 e. The molecule has 114 valence electrons. The van der Waals surface area contributed by atoms with Crippen molar-refractivity contribution in [3.05, 3.63) is 42.0 Å². The van der Waals surface area contributed by atoms with Gasteiger partial charge in [0.2, 0.25) is 0 Å². The van der Waals surface area contributed by atoms with E-state index < -0.39 is 15.4 Å². The molecule has 4 nitrogen and oxygen atoms in total. The van der Waals surface area contributed by atoms with Gasteiger partial charge in [-0.2, -0.15) is 8.42 Å². The Bertz CT molecular complexity index is 722. The van der Waals surface area contributed by atoms with Crippen LogP contribution in [0.15, 0.2) is 36.4 Å². The van der Waals surface area contributed by atoms with Crippen LogP contribution >= 0.6 is 0 Å². The third-order valence-corrected chi connectivity index (χ3v) is 4.68. The maximum atomic E-state index is 11.7. The van der Waals surface area contributed by atoms with Crippen molar-refractivity contribution in [1.82, 2.24) is 0 Å². The predicted molar refractivity (Wildman–Crippen MR) is 84.3 cm³/mol. The Labute approximate surface area is 125 Å². The standard InChI is InChI=1S/C16H20O4S/c1-3-7-16(21(17,18)19)14-10-11-15(20-4-2)13-9-6-5-8-12(13)14/h5-6,8-11,16H,3-4,7H2,1-2H3,(H,17,18,19). The van der Waals surface area contributed by atoms with Gasteiger partial charge in [0.15, 0.2) is 0 Å². The lowest BCUT2D eigenvalue weighted by Crippen LogP contribution is -2.12. The van der Waals surface area contributed by atoms with Crippen LogP contribution in [0.4, 0.5) is 0 Å². The molecule has 5 heteroatoms. The van der Waals surface area contributed by atoms with Gasteiger partial charge in [0.05, 0.1) is 6.61 Å². The van der Waals surface area contributed by atoms with E-state index >= 15 is 0 Å². The Kier molecular flexibility index (Phi) is 4.85. The van der Waals surface area contributed by atoms with E-state index in [-0.39, 0.29) is 0 Å². The largest absolute Gasteiger partial charge is 0.493 e. The van der Waals surface area contributed by atoms with Crippen molar-refractivity contribution in [1.29, 1.82) is 0 Å². The van der Waals surface area contributed by atoms with Gasteiger partial charge in [-0.05, 0) is 30.4 Å². The number of hydrogen-bond donors (Lipinski definition) is 1. The van der Waals surface area contributed by atoms with Gasteiger partial charge in [0.1, 0.15) is 11.0 Å². The highest BCUT2D eigenvalue weighted by Crippen LogP contribution is 2.36. The summed E-state index contributed by atoms with van der Waals surface area (Å²) in [7, 11) is -4.14. The van der Waals surface area contributed by atoms with E-state index in [0.29, 0.717) is 25.0 Å². The molecule has 1 N–H and O–H groups in total. The zero-order valence-corrected chi connectivity index (χ0v) is 13.1. The first-order valence-electron chi connectivity index (χ1n) is 7.09. The van der Waals surface area contributed by atoms with E-state index in [1.807, 2.05) is 38.1 Å². The molecule has 0 aromatic heterocycles. The molecule has 0 fully saturated rings. The lowest BCUT2D eigenvalue weighted by atomic mass is 9.99. The molecule has 21 heavy (non-hydrogen) atoms.